The van der Waals surface area contributed by atoms with Gasteiger partial charge in [0.1, 0.15) is 0 Å². The normalized spacial score (nSPS) is 18.0. The summed E-state index contributed by atoms with van der Waals surface area (Å²) in [6.07, 6.45) is 3.54. The second-order valence-electron chi connectivity index (χ2n) is 9.04. The van der Waals surface area contributed by atoms with Gasteiger partial charge in [0.05, 0.1) is 15.1 Å². The molecule has 34 heavy (non-hydrogen) atoms. The minimum Gasteiger partial charge on any atom is -0.348 e. The lowest BCUT2D eigenvalue weighted by Gasteiger charge is -2.31. The quantitative estimate of drug-likeness (QED) is 0.419. The average molecular weight is 496 g/mol. The van der Waals surface area contributed by atoms with E-state index in [1.165, 1.54) is 22.5 Å². The summed E-state index contributed by atoms with van der Waals surface area (Å²) < 4.78 is 0.580. The highest BCUT2D eigenvalue weighted by atomic mass is 35.5. The van der Waals surface area contributed by atoms with E-state index in [1.54, 1.807) is 12.1 Å². The molecule has 178 valence electrons. The average Bonchev–Trinajstić information content (AvgIpc) is 3.26. The number of thiophene rings is 1. The van der Waals surface area contributed by atoms with Gasteiger partial charge in [0, 0.05) is 18.3 Å². The number of anilines is 1. The molecule has 1 aromatic heterocycles. The maximum Gasteiger partial charge on any atom is 0.261 e. The smallest absolute Gasteiger partial charge is 0.261 e. The van der Waals surface area contributed by atoms with Crippen molar-refractivity contribution >= 4 is 40.4 Å². The first kappa shape index (κ1) is 24.5. The second kappa shape index (κ2) is 11.2. The Kier molecular flexibility index (Phi) is 8.03. The molecule has 2 aromatic carbocycles. The number of nitrogens with zero attached hydrogens (tertiary/aromatic N) is 1. The van der Waals surface area contributed by atoms with Crippen molar-refractivity contribution in [2.24, 2.45) is 5.92 Å². The van der Waals surface area contributed by atoms with Gasteiger partial charge >= 0.3 is 0 Å². The third-order valence-electron chi connectivity index (χ3n) is 6.18. The summed E-state index contributed by atoms with van der Waals surface area (Å²) in [4.78, 5) is 28.5. The van der Waals surface area contributed by atoms with Crippen LogP contribution in [0.25, 0.3) is 11.1 Å². The highest BCUT2D eigenvalue weighted by Gasteiger charge is 2.32. The molecule has 7 heteroatoms. The van der Waals surface area contributed by atoms with Crippen LogP contribution in [0.1, 0.15) is 40.9 Å². The van der Waals surface area contributed by atoms with E-state index in [9.17, 15) is 9.59 Å². The fourth-order valence-electron chi connectivity index (χ4n) is 4.54. The van der Waals surface area contributed by atoms with E-state index in [0.717, 1.165) is 43.5 Å². The van der Waals surface area contributed by atoms with Gasteiger partial charge in [-0.15, -0.1) is 11.3 Å². The Morgan fingerprint density at radius 2 is 1.74 bits per heavy atom. The minimum absolute atomic E-state index is 0.0463. The number of carbonyl (C=O) groups is 2. The van der Waals surface area contributed by atoms with Crippen LogP contribution >= 0.6 is 22.9 Å². The van der Waals surface area contributed by atoms with E-state index in [4.69, 9.17) is 11.6 Å². The Bertz CT molecular complexity index is 1140. The van der Waals surface area contributed by atoms with Gasteiger partial charge in [-0.1, -0.05) is 60.8 Å². The number of nitrogens with one attached hydrogen (secondary N) is 2. The molecule has 1 aliphatic carbocycles. The third-order valence-corrected chi connectivity index (χ3v) is 7.41. The first-order valence-electron chi connectivity index (χ1n) is 11.6. The predicted molar refractivity (Wildman–Crippen MR) is 140 cm³/mol. The summed E-state index contributed by atoms with van der Waals surface area (Å²) in [6, 6.07) is 19.6. The molecule has 2 atom stereocenters. The van der Waals surface area contributed by atoms with Gasteiger partial charge in [0.25, 0.3) is 5.91 Å². The fourth-order valence-corrected chi connectivity index (χ4v) is 5.49. The molecular weight excluding hydrogens is 466 g/mol. The van der Waals surface area contributed by atoms with Crippen molar-refractivity contribution in [1.29, 1.82) is 0 Å². The number of halogens is 1. The van der Waals surface area contributed by atoms with Gasteiger partial charge in [-0.25, -0.2) is 0 Å². The molecule has 0 unspecified atom stereocenters. The molecule has 0 bridgehead atoms. The van der Waals surface area contributed by atoms with Crippen molar-refractivity contribution in [3.63, 3.8) is 0 Å². The molecule has 3 aromatic rings. The lowest BCUT2D eigenvalue weighted by molar-refractivity contribution is -0.121. The van der Waals surface area contributed by atoms with E-state index in [0.29, 0.717) is 9.21 Å². The molecule has 2 amide bonds. The summed E-state index contributed by atoms with van der Waals surface area (Å²) >= 11 is 7.22. The summed E-state index contributed by atoms with van der Waals surface area (Å²) in [5.74, 6) is -0.467. The van der Waals surface area contributed by atoms with Crippen molar-refractivity contribution in [3.05, 3.63) is 75.4 Å². The number of carbonyl (C=O) groups excluding carboxylic acids is 2. The van der Waals surface area contributed by atoms with Crippen LogP contribution in [0.3, 0.4) is 0 Å². The van der Waals surface area contributed by atoms with Crippen LogP contribution in [-0.4, -0.2) is 36.9 Å². The number of hydrogen-bond donors (Lipinski definition) is 2. The fraction of sp³-hybridized carbons (Fsp3) is 0.333. The van der Waals surface area contributed by atoms with Gasteiger partial charge < -0.3 is 15.5 Å². The summed E-state index contributed by atoms with van der Waals surface area (Å²) in [5.41, 5.74) is 4.34. The summed E-state index contributed by atoms with van der Waals surface area (Å²) in [6.45, 7) is 0.862. The second-order valence-corrected chi connectivity index (χ2v) is 10.8. The van der Waals surface area contributed by atoms with Crippen molar-refractivity contribution in [2.75, 3.05) is 19.4 Å². The van der Waals surface area contributed by atoms with Gasteiger partial charge in [0.2, 0.25) is 5.91 Å². The van der Waals surface area contributed by atoms with Crippen LogP contribution in [0.15, 0.2) is 60.7 Å². The highest BCUT2D eigenvalue weighted by molar-refractivity contribution is 7.18. The van der Waals surface area contributed by atoms with Crippen molar-refractivity contribution < 1.29 is 9.59 Å². The van der Waals surface area contributed by atoms with Gasteiger partial charge in [-0.05, 0) is 67.9 Å². The van der Waals surface area contributed by atoms with Crippen molar-refractivity contribution in [3.8, 4) is 11.1 Å². The zero-order valence-corrected chi connectivity index (χ0v) is 21.1. The third kappa shape index (κ3) is 6.06. The van der Waals surface area contributed by atoms with E-state index in [-0.39, 0.29) is 23.8 Å². The predicted octanol–water partition coefficient (Wildman–Crippen LogP) is 6.06. The minimum atomic E-state index is -0.256. The monoisotopic (exact) mass is 495 g/mol. The van der Waals surface area contributed by atoms with Crippen LogP contribution < -0.4 is 10.6 Å². The Balaban J connectivity index is 1.43. The van der Waals surface area contributed by atoms with Crippen LogP contribution in [0.4, 0.5) is 5.69 Å². The molecule has 1 saturated carbocycles. The standard InChI is InChI=1S/C27H30ClN3O2S/c1-31(2)17-19-7-3-4-8-21(19)18-11-13-20(14-12-18)29-26(32)22-9-5-6-10-23(22)30-27(33)24-15-16-25(28)34-24/h3-4,7-8,11-16,22-23H,5-6,9-10,17H2,1-2H3,(H,29,32)(H,30,33)/t22-,23+/m0/s1. The Morgan fingerprint density at radius 1 is 1.00 bits per heavy atom. The highest BCUT2D eigenvalue weighted by Crippen LogP contribution is 2.29. The molecule has 0 aliphatic heterocycles. The summed E-state index contributed by atoms with van der Waals surface area (Å²) in [5, 5.41) is 6.13. The molecule has 1 aliphatic rings. The largest absolute Gasteiger partial charge is 0.348 e. The topological polar surface area (TPSA) is 61.4 Å². The number of benzene rings is 2. The SMILES string of the molecule is CN(C)Cc1ccccc1-c1ccc(NC(=O)[C@H]2CCCC[C@H]2NC(=O)c2ccc(Cl)s2)cc1. The summed E-state index contributed by atoms with van der Waals surface area (Å²) in [7, 11) is 4.12. The Morgan fingerprint density at radius 3 is 2.44 bits per heavy atom. The first-order chi connectivity index (χ1) is 16.4. The van der Waals surface area contributed by atoms with Crippen LogP contribution in [-0.2, 0) is 11.3 Å². The molecular formula is C27H30ClN3O2S. The molecule has 0 spiro atoms. The number of amides is 2. The number of hydrogen-bond acceptors (Lipinski definition) is 4. The molecule has 4 rings (SSSR count). The molecule has 0 radical (unpaired) electrons. The lowest BCUT2D eigenvalue weighted by atomic mass is 9.83. The van der Waals surface area contributed by atoms with Gasteiger partial charge in [0.15, 0.2) is 0 Å². The first-order valence-corrected chi connectivity index (χ1v) is 12.8. The molecule has 5 nitrogen and oxygen atoms in total. The van der Waals surface area contributed by atoms with Crippen LogP contribution in [0.5, 0.6) is 0 Å². The van der Waals surface area contributed by atoms with E-state index in [2.05, 4.69) is 47.8 Å². The van der Waals surface area contributed by atoms with Gasteiger partial charge in [-0.3, -0.25) is 9.59 Å². The molecule has 1 heterocycles. The van der Waals surface area contributed by atoms with E-state index < -0.39 is 0 Å². The molecule has 0 saturated heterocycles. The van der Waals surface area contributed by atoms with E-state index in [1.807, 2.05) is 30.3 Å². The maximum absolute atomic E-state index is 13.1. The van der Waals surface area contributed by atoms with Crippen molar-refractivity contribution in [2.45, 2.75) is 38.3 Å². The van der Waals surface area contributed by atoms with Crippen LogP contribution in [0.2, 0.25) is 4.34 Å². The van der Waals surface area contributed by atoms with Gasteiger partial charge in [-0.2, -0.15) is 0 Å². The number of rotatable bonds is 7. The lowest BCUT2D eigenvalue weighted by Crippen LogP contribution is -2.46. The zero-order chi connectivity index (χ0) is 24.1. The zero-order valence-electron chi connectivity index (χ0n) is 19.5. The molecule has 2 N–H and O–H groups in total. The van der Waals surface area contributed by atoms with E-state index >= 15 is 0 Å². The maximum atomic E-state index is 13.1. The Labute approximate surface area is 210 Å². The van der Waals surface area contributed by atoms with Crippen LogP contribution in [0, 0.1) is 5.92 Å². The van der Waals surface area contributed by atoms with Crippen molar-refractivity contribution in [1.82, 2.24) is 10.2 Å². The Hall–Kier alpha value is -2.67. The molecule has 1 fully saturated rings.